The quantitative estimate of drug-likeness (QED) is 0.423. The molecular weight excluding hydrogens is 361 g/mol. The summed E-state index contributed by atoms with van der Waals surface area (Å²) in [6.07, 6.45) is 1.44. The third-order valence-electron chi connectivity index (χ3n) is 4.67. The fraction of sp³-hybridized carbons (Fsp3) is 0.0909. The highest BCUT2D eigenvalue weighted by Crippen LogP contribution is 2.40. The van der Waals surface area contributed by atoms with E-state index in [4.69, 9.17) is 4.42 Å². The molecule has 1 saturated heterocycles. The van der Waals surface area contributed by atoms with E-state index >= 15 is 0 Å². The van der Waals surface area contributed by atoms with E-state index in [0.29, 0.717) is 5.76 Å². The molecule has 1 amide bonds. The average Bonchev–Trinajstić information content (AvgIpc) is 3.32. The van der Waals surface area contributed by atoms with Crippen molar-refractivity contribution in [3.8, 4) is 0 Å². The van der Waals surface area contributed by atoms with Crippen molar-refractivity contribution >= 4 is 17.4 Å². The summed E-state index contributed by atoms with van der Waals surface area (Å²) in [5.74, 6) is -2.01. The fourth-order valence-corrected chi connectivity index (χ4v) is 3.33. The van der Waals surface area contributed by atoms with E-state index in [1.54, 1.807) is 12.1 Å². The van der Waals surface area contributed by atoms with Crippen LogP contribution in [0.1, 0.15) is 22.9 Å². The lowest BCUT2D eigenvalue weighted by atomic mass is 9.99. The van der Waals surface area contributed by atoms with Gasteiger partial charge in [-0.1, -0.05) is 30.3 Å². The maximum atomic E-state index is 13.2. The van der Waals surface area contributed by atoms with Gasteiger partial charge in [-0.25, -0.2) is 4.39 Å². The molecule has 1 aromatic heterocycles. The smallest absolute Gasteiger partial charge is 0.296 e. The number of likely N-dealkylation sites (tertiary alicyclic amines) is 1. The van der Waals surface area contributed by atoms with E-state index in [0.717, 1.165) is 5.56 Å². The number of nitrogens with zero attached hydrogens (tertiary/aromatic N) is 1. The molecule has 2 aromatic carbocycles. The van der Waals surface area contributed by atoms with E-state index in [-0.39, 0.29) is 23.4 Å². The SMILES string of the molecule is O=C1C(=O)N(Cc2ccccc2)C(c2ccco2)/C1=C(\O)c1ccc(F)cc1. The molecule has 1 aliphatic rings. The fourth-order valence-electron chi connectivity index (χ4n) is 3.33. The number of halogens is 1. The van der Waals surface area contributed by atoms with Crippen LogP contribution in [0.25, 0.3) is 5.76 Å². The molecular formula is C22H16FNO4. The van der Waals surface area contributed by atoms with Gasteiger partial charge in [0.25, 0.3) is 11.7 Å². The van der Waals surface area contributed by atoms with Gasteiger partial charge in [0.05, 0.1) is 11.8 Å². The number of aliphatic hydroxyl groups excluding tert-OH is 1. The summed E-state index contributed by atoms with van der Waals surface area (Å²) in [5, 5.41) is 10.8. The minimum absolute atomic E-state index is 0.0810. The second-order valence-electron chi connectivity index (χ2n) is 6.43. The van der Waals surface area contributed by atoms with Gasteiger partial charge in [-0.3, -0.25) is 9.59 Å². The molecule has 1 fully saturated rings. The number of furan rings is 1. The third-order valence-corrected chi connectivity index (χ3v) is 4.67. The number of aliphatic hydroxyl groups is 1. The Morgan fingerprint density at radius 3 is 2.36 bits per heavy atom. The van der Waals surface area contributed by atoms with Gasteiger partial charge >= 0.3 is 0 Å². The molecule has 28 heavy (non-hydrogen) atoms. The molecule has 1 aliphatic heterocycles. The van der Waals surface area contributed by atoms with Crippen LogP contribution in [-0.2, 0) is 16.1 Å². The number of hydrogen-bond donors (Lipinski definition) is 1. The van der Waals surface area contributed by atoms with Crippen LogP contribution >= 0.6 is 0 Å². The lowest BCUT2D eigenvalue weighted by molar-refractivity contribution is -0.140. The lowest BCUT2D eigenvalue weighted by Crippen LogP contribution is -2.29. The van der Waals surface area contributed by atoms with Crippen LogP contribution in [0.4, 0.5) is 4.39 Å². The summed E-state index contributed by atoms with van der Waals surface area (Å²) in [6, 6.07) is 16.7. The van der Waals surface area contributed by atoms with E-state index in [2.05, 4.69) is 0 Å². The van der Waals surface area contributed by atoms with Crippen LogP contribution in [0.15, 0.2) is 83.0 Å². The van der Waals surface area contributed by atoms with Gasteiger partial charge in [-0.05, 0) is 42.0 Å². The minimum atomic E-state index is -0.875. The highest BCUT2D eigenvalue weighted by Gasteiger charge is 2.47. The second-order valence-corrected chi connectivity index (χ2v) is 6.43. The Labute approximate surface area is 160 Å². The number of amides is 1. The Bertz CT molecular complexity index is 1040. The van der Waals surface area contributed by atoms with Crippen LogP contribution in [0.3, 0.4) is 0 Å². The average molecular weight is 377 g/mol. The monoisotopic (exact) mass is 377 g/mol. The Morgan fingerprint density at radius 1 is 1.00 bits per heavy atom. The van der Waals surface area contributed by atoms with Gasteiger partial charge in [0.1, 0.15) is 23.4 Å². The van der Waals surface area contributed by atoms with Gasteiger partial charge in [-0.2, -0.15) is 0 Å². The molecule has 1 atom stereocenters. The molecule has 6 heteroatoms. The number of ketones is 1. The summed E-state index contributed by atoms with van der Waals surface area (Å²) in [7, 11) is 0. The largest absolute Gasteiger partial charge is 0.507 e. The first-order valence-electron chi connectivity index (χ1n) is 8.68. The van der Waals surface area contributed by atoms with Gasteiger partial charge in [0, 0.05) is 12.1 Å². The second kappa shape index (κ2) is 7.15. The van der Waals surface area contributed by atoms with Gasteiger partial charge < -0.3 is 14.4 Å². The number of hydrogen-bond acceptors (Lipinski definition) is 4. The predicted molar refractivity (Wildman–Crippen MR) is 99.4 cm³/mol. The van der Waals surface area contributed by atoms with E-state index in [1.807, 2.05) is 30.3 Å². The molecule has 3 aromatic rings. The number of carbonyl (C=O) groups is 2. The summed E-state index contributed by atoms with van der Waals surface area (Å²) < 4.78 is 18.7. The minimum Gasteiger partial charge on any atom is -0.507 e. The predicted octanol–water partition coefficient (Wildman–Crippen LogP) is 4.04. The molecule has 2 heterocycles. The molecule has 0 radical (unpaired) electrons. The number of rotatable bonds is 4. The molecule has 1 unspecified atom stereocenters. The Hall–Kier alpha value is -3.67. The lowest BCUT2D eigenvalue weighted by Gasteiger charge is -2.23. The van der Waals surface area contributed by atoms with Crippen LogP contribution in [0.2, 0.25) is 0 Å². The Kier molecular flexibility index (Phi) is 4.53. The van der Waals surface area contributed by atoms with Crippen molar-refractivity contribution in [3.05, 3.63) is 101 Å². The van der Waals surface area contributed by atoms with Gasteiger partial charge in [-0.15, -0.1) is 0 Å². The van der Waals surface area contributed by atoms with E-state index in [1.165, 1.54) is 35.4 Å². The Morgan fingerprint density at radius 2 is 1.71 bits per heavy atom. The summed E-state index contributed by atoms with van der Waals surface area (Å²) in [4.78, 5) is 26.9. The summed E-state index contributed by atoms with van der Waals surface area (Å²) in [5.41, 5.74) is 1.00. The van der Waals surface area contributed by atoms with Crippen molar-refractivity contribution in [2.24, 2.45) is 0 Å². The molecule has 1 N–H and O–H groups in total. The highest BCUT2D eigenvalue weighted by atomic mass is 19.1. The molecule has 4 rings (SSSR count). The van der Waals surface area contributed by atoms with Gasteiger partial charge in [0.2, 0.25) is 0 Å². The topological polar surface area (TPSA) is 70.8 Å². The van der Waals surface area contributed by atoms with Crippen molar-refractivity contribution < 1.29 is 23.5 Å². The Balaban J connectivity index is 1.83. The van der Waals surface area contributed by atoms with Crippen molar-refractivity contribution in [2.45, 2.75) is 12.6 Å². The van der Waals surface area contributed by atoms with Crippen molar-refractivity contribution in [1.82, 2.24) is 4.90 Å². The normalized spacial score (nSPS) is 18.6. The van der Waals surface area contributed by atoms with Crippen LogP contribution in [0, 0.1) is 5.82 Å². The maximum Gasteiger partial charge on any atom is 0.296 e. The van der Waals surface area contributed by atoms with E-state index < -0.39 is 23.5 Å². The van der Waals surface area contributed by atoms with Crippen LogP contribution < -0.4 is 0 Å². The van der Waals surface area contributed by atoms with Crippen molar-refractivity contribution in [2.75, 3.05) is 0 Å². The zero-order valence-electron chi connectivity index (χ0n) is 14.7. The first kappa shape index (κ1) is 17.7. The highest BCUT2D eigenvalue weighted by molar-refractivity contribution is 6.46. The molecule has 5 nitrogen and oxygen atoms in total. The first-order chi connectivity index (χ1) is 13.6. The maximum absolute atomic E-state index is 13.2. The molecule has 140 valence electrons. The number of benzene rings is 2. The third kappa shape index (κ3) is 3.09. The van der Waals surface area contributed by atoms with Crippen LogP contribution in [-0.4, -0.2) is 21.7 Å². The van der Waals surface area contributed by atoms with Crippen molar-refractivity contribution in [3.63, 3.8) is 0 Å². The first-order valence-corrected chi connectivity index (χ1v) is 8.68. The van der Waals surface area contributed by atoms with E-state index in [9.17, 15) is 19.1 Å². The summed E-state index contributed by atoms with van der Waals surface area (Å²) in [6.45, 7) is 0.178. The zero-order valence-corrected chi connectivity index (χ0v) is 14.7. The zero-order chi connectivity index (χ0) is 19.7. The number of carbonyl (C=O) groups excluding carboxylic acids is 2. The van der Waals surface area contributed by atoms with Crippen molar-refractivity contribution in [1.29, 1.82) is 0 Å². The molecule has 0 saturated carbocycles. The molecule has 0 spiro atoms. The van der Waals surface area contributed by atoms with Gasteiger partial charge in [0.15, 0.2) is 0 Å². The molecule has 0 bridgehead atoms. The standard InChI is InChI=1S/C22H16FNO4/c23-16-10-8-15(9-11-16)20(25)18-19(17-7-4-12-28-17)24(22(27)21(18)26)13-14-5-2-1-3-6-14/h1-12,19,25H,13H2/b20-18+. The molecule has 0 aliphatic carbocycles. The van der Waals surface area contributed by atoms with Crippen LogP contribution in [0.5, 0.6) is 0 Å². The summed E-state index contributed by atoms with van der Waals surface area (Å²) >= 11 is 0. The number of Topliss-reactive ketones (excluding diaryl/α,β-unsaturated/α-hetero) is 1.